The van der Waals surface area contributed by atoms with E-state index in [0.717, 1.165) is 9.47 Å². The molecule has 0 aliphatic heterocycles. The van der Waals surface area contributed by atoms with Crippen molar-refractivity contribution in [2.45, 2.75) is 25.2 Å². The minimum Gasteiger partial charge on any atom is -0.322 e. The van der Waals surface area contributed by atoms with Crippen LogP contribution in [-0.2, 0) is 5.41 Å². The zero-order valence-electron chi connectivity index (χ0n) is 10.6. The maximum absolute atomic E-state index is 12.0. The molecule has 2 aromatic rings. The molecule has 1 aromatic carbocycles. The van der Waals surface area contributed by atoms with Gasteiger partial charge in [0, 0.05) is 11.1 Å². The number of hydrogen-bond donors (Lipinski definition) is 1. The average molecular weight is 336 g/mol. The number of thiophene rings is 1. The summed E-state index contributed by atoms with van der Waals surface area (Å²) in [5.74, 6) is -0.0627. The highest BCUT2D eigenvalue weighted by atomic mass is 79.9. The highest BCUT2D eigenvalue weighted by Crippen LogP contribution is 2.47. The third kappa shape index (κ3) is 2.74. The van der Waals surface area contributed by atoms with Gasteiger partial charge in [0.05, 0.1) is 9.35 Å². The van der Waals surface area contributed by atoms with Crippen LogP contribution in [0.25, 0.3) is 0 Å². The first kappa shape index (κ1) is 12.9. The van der Waals surface area contributed by atoms with E-state index >= 15 is 0 Å². The molecule has 19 heavy (non-hydrogen) atoms. The van der Waals surface area contributed by atoms with E-state index in [9.17, 15) is 4.79 Å². The SMILES string of the molecule is CC1(c2ccc(NC(=O)c3csc(Br)c3)cc2)CC1. The highest BCUT2D eigenvalue weighted by Gasteiger charge is 2.38. The van der Waals surface area contributed by atoms with Crippen LogP contribution < -0.4 is 5.32 Å². The summed E-state index contributed by atoms with van der Waals surface area (Å²) in [6.45, 7) is 2.28. The molecule has 0 spiro atoms. The number of benzene rings is 1. The van der Waals surface area contributed by atoms with Gasteiger partial charge in [-0.15, -0.1) is 11.3 Å². The van der Waals surface area contributed by atoms with Crippen molar-refractivity contribution in [3.63, 3.8) is 0 Å². The molecule has 0 atom stereocenters. The Morgan fingerprint density at radius 1 is 1.32 bits per heavy atom. The van der Waals surface area contributed by atoms with Gasteiger partial charge < -0.3 is 5.32 Å². The minimum absolute atomic E-state index is 0.0627. The van der Waals surface area contributed by atoms with Gasteiger partial charge >= 0.3 is 0 Å². The molecular weight excluding hydrogens is 322 g/mol. The second-order valence-corrected chi connectivity index (χ2v) is 7.52. The molecule has 4 heteroatoms. The van der Waals surface area contributed by atoms with E-state index in [2.05, 4.69) is 40.3 Å². The monoisotopic (exact) mass is 335 g/mol. The molecule has 1 aliphatic carbocycles. The van der Waals surface area contributed by atoms with Crippen LogP contribution in [0.1, 0.15) is 35.7 Å². The largest absolute Gasteiger partial charge is 0.322 e. The van der Waals surface area contributed by atoms with Gasteiger partial charge in [0.1, 0.15) is 0 Å². The predicted octanol–water partition coefficient (Wildman–Crippen LogP) is 4.81. The van der Waals surface area contributed by atoms with Gasteiger partial charge in [0.25, 0.3) is 5.91 Å². The standard InChI is InChI=1S/C15H14BrNOS/c1-15(6-7-15)11-2-4-12(5-3-11)17-14(18)10-8-13(16)19-9-10/h2-5,8-9H,6-7H2,1H3,(H,17,18). The Kier molecular flexibility index (Phi) is 3.23. The maximum atomic E-state index is 12.0. The molecule has 3 rings (SSSR count). The second kappa shape index (κ2) is 4.76. The van der Waals surface area contributed by atoms with Gasteiger partial charge in [0.15, 0.2) is 0 Å². The molecule has 1 aromatic heterocycles. The molecule has 1 amide bonds. The number of carbonyl (C=O) groups excluding carboxylic acids is 1. The van der Waals surface area contributed by atoms with Crippen LogP contribution in [0.5, 0.6) is 0 Å². The Morgan fingerprint density at radius 3 is 2.53 bits per heavy atom. The summed E-state index contributed by atoms with van der Waals surface area (Å²) in [6.07, 6.45) is 2.53. The Balaban J connectivity index is 1.71. The summed E-state index contributed by atoms with van der Waals surface area (Å²) in [7, 11) is 0. The van der Waals surface area contributed by atoms with E-state index in [0.29, 0.717) is 11.0 Å². The average Bonchev–Trinajstić information content (AvgIpc) is 2.99. The predicted molar refractivity (Wildman–Crippen MR) is 83.0 cm³/mol. The molecule has 0 saturated heterocycles. The topological polar surface area (TPSA) is 29.1 Å². The van der Waals surface area contributed by atoms with Crippen LogP contribution in [0.15, 0.2) is 39.5 Å². The van der Waals surface area contributed by atoms with Crippen LogP contribution >= 0.6 is 27.3 Å². The Hall–Kier alpha value is -1.13. The normalized spacial score (nSPS) is 16.1. The Labute approximate surface area is 125 Å². The van der Waals surface area contributed by atoms with Crippen LogP contribution in [-0.4, -0.2) is 5.91 Å². The van der Waals surface area contributed by atoms with Crippen molar-refractivity contribution in [2.24, 2.45) is 0 Å². The highest BCUT2D eigenvalue weighted by molar-refractivity contribution is 9.11. The van der Waals surface area contributed by atoms with Gasteiger partial charge in [-0.3, -0.25) is 4.79 Å². The van der Waals surface area contributed by atoms with Crippen molar-refractivity contribution in [2.75, 3.05) is 5.32 Å². The molecule has 1 saturated carbocycles. The van der Waals surface area contributed by atoms with E-state index in [-0.39, 0.29) is 5.91 Å². The first-order valence-electron chi connectivity index (χ1n) is 6.23. The van der Waals surface area contributed by atoms with E-state index in [4.69, 9.17) is 0 Å². The number of amides is 1. The van der Waals surface area contributed by atoms with Crippen LogP contribution in [0, 0.1) is 0 Å². The number of hydrogen-bond acceptors (Lipinski definition) is 2. The minimum atomic E-state index is -0.0627. The van der Waals surface area contributed by atoms with Gasteiger partial charge in [-0.2, -0.15) is 0 Å². The molecule has 2 nitrogen and oxygen atoms in total. The second-order valence-electron chi connectivity index (χ2n) is 5.23. The van der Waals surface area contributed by atoms with Crippen molar-refractivity contribution in [1.29, 1.82) is 0 Å². The Bertz CT molecular complexity index is 613. The van der Waals surface area contributed by atoms with Gasteiger partial charge in [-0.25, -0.2) is 0 Å². The van der Waals surface area contributed by atoms with Gasteiger partial charge in [0.2, 0.25) is 0 Å². The van der Waals surface area contributed by atoms with Gasteiger partial charge in [-0.1, -0.05) is 19.1 Å². The third-order valence-corrected chi connectivity index (χ3v) is 5.17. The van der Waals surface area contributed by atoms with Gasteiger partial charge in [-0.05, 0) is 57.9 Å². The zero-order valence-corrected chi connectivity index (χ0v) is 13.0. The van der Waals surface area contributed by atoms with E-state index in [1.54, 1.807) is 0 Å². The molecule has 0 bridgehead atoms. The quantitative estimate of drug-likeness (QED) is 0.856. The molecule has 0 radical (unpaired) electrons. The summed E-state index contributed by atoms with van der Waals surface area (Å²) in [4.78, 5) is 12.0. The zero-order chi connectivity index (χ0) is 13.5. The molecule has 0 unspecified atom stereocenters. The molecule has 1 fully saturated rings. The van der Waals surface area contributed by atoms with E-state index in [1.807, 2.05) is 23.6 Å². The van der Waals surface area contributed by atoms with Crippen molar-refractivity contribution < 1.29 is 4.79 Å². The lowest BCUT2D eigenvalue weighted by Crippen LogP contribution is -2.11. The van der Waals surface area contributed by atoms with Crippen LogP contribution in [0.4, 0.5) is 5.69 Å². The van der Waals surface area contributed by atoms with E-state index in [1.165, 1.54) is 29.7 Å². The summed E-state index contributed by atoms with van der Waals surface area (Å²) in [5, 5.41) is 4.76. The van der Waals surface area contributed by atoms with Crippen LogP contribution in [0.2, 0.25) is 0 Å². The molecule has 1 aliphatic rings. The lowest BCUT2D eigenvalue weighted by atomic mass is 9.98. The fraction of sp³-hybridized carbons (Fsp3) is 0.267. The number of carbonyl (C=O) groups is 1. The molecule has 1 N–H and O–H groups in total. The van der Waals surface area contributed by atoms with Crippen molar-refractivity contribution in [3.8, 4) is 0 Å². The number of halogens is 1. The van der Waals surface area contributed by atoms with Crippen molar-refractivity contribution in [3.05, 3.63) is 50.6 Å². The third-order valence-electron chi connectivity index (χ3n) is 3.67. The lowest BCUT2D eigenvalue weighted by Gasteiger charge is -2.10. The van der Waals surface area contributed by atoms with Crippen molar-refractivity contribution in [1.82, 2.24) is 0 Å². The van der Waals surface area contributed by atoms with Crippen LogP contribution in [0.3, 0.4) is 0 Å². The lowest BCUT2D eigenvalue weighted by molar-refractivity contribution is 0.102. The summed E-state index contributed by atoms with van der Waals surface area (Å²) >= 11 is 4.88. The molecule has 98 valence electrons. The fourth-order valence-corrected chi connectivity index (χ4v) is 3.20. The summed E-state index contributed by atoms with van der Waals surface area (Å²) in [5.41, 5.74) is 3.28. The molecule has 1 heterocycles. The number of anilines is 1. The smallest absolute Gasteiger partial charge is 0.256 e. The summed E-state index contributed by atoms with van der Waals surface area (Å²) in [6, 6.07) is 10.0. The molecular formula is C15H14BrNOS. The first-order valence-corrected chi connectivity index (χ1v) is 7.90. The Morgan fingerprint density at radius 2 is 2.00 bits per heavy atom. The number of rotatable bonds is 3. The maximum Gasteiger partial charge on any atom is 0.256 e. The fourth-order valence-electron chi connectivity index (χ4n) is 2.06. The van der Waals surface area contributed by atoms with E-state index < -0.39 is 0 Å². The summed E-state index contributed by atoms with van der Waals surface area (Å²) < 4.78 is 0.967. The first-order chi connectivity index (χ1) is 9.07. The van der Waals surface area contributed by atoms with Crippen molar-refractivity contribution >= 4 is 38.9 Å². The number of nitrogens with one attached hydrogen (secondary N) is 1.